The van der Waals surface area contributed by atoms with Crippen molar-refractivity contribution in [2.24, 2.45) is 0 Å². The van der Waals surface area contributed by atoms with E-state index in [9.17, 15) is 4.79 Å². The lowest BCUT2D eigenvalue weighted by Gasteiger charge is -2.40. The summed E-state index contributed by atoms with van der Waals surface area (Å²) in [7, 11) is 0. The van der Waals surface area contributed by atoms with Gasteiger partial charge in [-0.05, 0) is 45.9 Å². The Labute approximate surface area is 161 Å². The van der Waals surface area contributed by atoms with Crippen molar-refractivity contribution >= 4 is 5.91 Å². The molecule has 1 aliphatic rings. The zero-order valence-corrected chi connectivity index (χ0v) is 16.8. The molecule has 1 fully saturated rings. The molecular formula is C21H30N4O2. The molecule has 6 nitrogen and oxygen atoms in total. The summed E-state index contributed by atoms with van der Waals surface area (Å²) in [5.41, 5.74) is 3.66. The minimum atomic E-state index is -0.0983. The predicted octanol–water partition coefficient (Wildman–Crippen LogP) is 2.39. The summed E-state index contributed by atoms with van der Waals surface area (Å²) in [6, 6.07) is 7.87. The minimum Gasteiger partial charge on any atom is -0.379 e. The number of hydrogen-bond donors (Lipinski definition) is 1. The number of amides is 1. The van der Waals surface area contributed by atoms with Gasteiger partial charge in [-0.3, -0.25) is 14.7 Å². The summed E-state index contributed by atoms with van der Waals surface area (Å²) in [6.45, 7) is 13.0. The van der Waals surface area contributed by atoms with E-state index in [2.05, 4.69) is 33.6 Å². The summed E-state index contributed by atoms with van der Waals surface area (Å²) < 4.78 is 7.58. The standard InChI is InChI=1S/C21H30N4O2/c1-16-13-19(17(2)25(16)14-18-7-5-6-8-22-18)20(26)23-15-21(3,4)24-9-11-27-12-10-24/h5-8,13H,9-12,14-15H2,1-4H3,(H,23,26). The molecule has 1 N–H and O–H groups in total. The first-order chi connectivity index (χ1) is 12.9. The Kier molecular flexibility index (Phi) is 5.97. The van der Waals surface area contributed by atoms with E-state index in [1.807, 2.05) is 38.1 Å². The summed E-state index contributed by atoms with van der Waals surface area (Å²) in [5.74, 6) is -0.0169. The average Bonchev–Trinajstić information content (AvgIpc) is 2.96. The van der Waals surface area contributed by atoms with Gasteiger partial charge in [-0.1, -0.05) is 6.07 Å². The number of nitrogens with zero attached hydrogens (tertiary/aromatic N) is 3. The van der Waals surface area contributed by atoms with Crippen LogP contribution in [0.25, 0.3) is 0 Å². The van der Waals surface area contributed by atoms with Gasteiger partial charge >= 0.3 is 0 Å². The van der Waals surface area contributed by atoms with Crippen LogP contribution in [-0.4, -0.2) is 58.7 Å². The highest BCUT2D eigenvalue weighted by molar-refractivity contribution is 5.95. The first kappa shape index (κ1) is 19.6. The van der Waals surface area contributed by atoms with Crippen molar-refractivity contribution in [2.45, 2.75) is 39.8 Å². The van der Waals surface area contributed by atoms with Crippen LogP contribution in [0.4, 0.5) is 0 Å². The van der Waals surface area contributed by atoms with Crippen molar-refractivity contribution in [3.05, 3.63) is 53.1 Å². The molecule has 3 rings (SSSR count). The third-order valence-corrected chi connectivity index (χ3v) is 5.41. The van der Waals surface area contributed by atoms with E-state index < -0.39 is 0 Å². The molecule has 0 radical (unpaired) electrons. The number of carbonyl (C=O) groups excluding carboxylic acids is 1. The topological polar surface area (TPSA) is 59.4 Å². The van der Waals surface area contributed by atoms with Crippen LogP contribution in [0.3, 0.4) is 0 Å². The smallest absolute Gasteiger partial charge is 0.253 e. The van der Waals surface area contributed by atoms with Crippen molar-refractivity contribution < 1.29 is 9.53 Å². The van der Waals surface area contributed by atoms with Crippen molar-refractivity contribution in [2.75, 3.05) is 32.8 Å². The first-order valence-corrected chi connectivity index (χ1v) is 9.56. The predicted molar refractivity (Wildman–Crippen MR) is 106 cm³/mol. The fourth-order valence-corrected chi connectivity index (χ4v) is 3.60. The molecule has 6 heteroatoms. The molecule has 0 spiro atoms. The van der Waals surface area contributed by atoms with Crippen molar-refractivity contribution in [1.29, 1.82) is 0 Å². The number of pyridine rings is 1. The Morgan fingerprint density at radius 2 is 2.00 bits per heavy atom. The van der Waals surface area contributed by atoms with Gasteiger partial charge in [0.2, 0.25) is 0 Å². The lowest BCUT2D eigenvalue weighted by atomic mass is 10.0. The van der Waals surface area contributed by atoms with Crippen LogP contribution in [0.2, 0.25) is 0 Å². The lowest BCUT2D eigenvalue weighted by Crippen LogP contribution is -2.55. The molecule has 0 atom stereocenters. The van der Waals surface area contributed by atoms with Gasteiger partial charge in [0.1, 0.15) is 0 Å². The van der Waals surface area contributed by atoms with Crippen LogP contribution in [0.1, 0.15) is 41.3 Å². The summed E-state index contributed by atoms with van der Waals surface area (Å²) >= 11 is 0. The Morgan fingerprint density at radius 1 is 1.26 bits per heavy atom. The number of ether oxygens (including phenoxy) is 1. The average molecular weight is 370 g/mol. The van der Waals surface area contributed by atoms with E-state index in [0.29, 0.717) is 13.1 Å². The van der Waals surface area contributed by atoms with E-state index in [1.54, 1.807) is 6.20 Å². The zero-order valence-electron chi connectivity index (χ0n) is 16.8. The summed E-state index contributed by atoms with van der Waals surface area (Å²) in [4.78, 5) is 19.6. The second-order valence-corrected chi connectivity index (χ2v) is 7.79. The van der Waals surface area contributed by atoms with Crippen molar-refractivity contribution in [3.8, 4) is 0 Å². The maximum absolute atomic E-state index is 12.8. The number of hydrogen-bond acceptors (Lipinski definition) is 4. The third-order valence-electron chi connectivity index (χ3n) is 5.41. The van der Waals surface area contributed by atoms with Crippen LogP contribution < -0.4 is 5.32 Å². The lowest BCUT2D eigenvalue weighted by molar-refractivity contribution is -0.00923. The summed E-state index contributed by atoms with van der Waals surface area (Å²) in [5, 5.41) is 3.13. The molecule has 1 amide bonds. The number of aryl methyl sites for hydroxylation is 1. The minimum absolute atomic E-state index is 0.0169. The number of carbonyl (C=O) groups is 1. The molecule has 0 bridgehead atoms. The fourth-order valence-electron chi connectivity index (χ4n) is 3.60. The maximum atomic E-state index is 12.8. The highest BCUT2D eigenvalue weighted by Gasteiger charge is 2.29. The largest absolute Gasteiger partial charge is 0.379 e. The molecule has 0 aromatic carbocycles. The fraction of sp³-hybridized carbons (Fsp3) is 0.524. The number of morpholine rings is 1. The Bertz CT molecular complexity index is 777. The van der Waals surface area contributed by atoms with E-state index in [1.165, 1.54) is 0 Å². The van der Waals surface area contributed by atoms with Gasteiger partial charge in [-0.2, -0.15) is 0 Å². The van der Waals surface area contributed by atoms with E-state index in [4.69, 9.17) is 4.74 Å². The van der Waals surface area contributed by atoms with E-state index in [0.717, 1.165) is 48.9 Å². The molecule has 0 aliphatic carbocycles. The van der Waals surface area contributed by atoms with Crippen molar-refractivity contribution in [1.82, 2.24) is 19.8 Å². The highest BCUT2D eigenvalue weighted by Crippen LogP contribution is 2.18. The van der Waals surface area contributed by atoms with Gasteiger partial charge in [0.25, 0.3) is 5.91 Å². The quantitative estimate of drug-likeness (QED) is 0.848. The third kappa shape index (κ3) is 4.57. The molecule has 27 heavy (non-hydrogen) atoms. The van der Waals surface area contributed by atoms with Crippen LogP contribution >= 0.6 is 0 Å². The second-order valence-electron chi connectivity index (χ2n) is 7.79. The Balaban J connectivity index is 1.67. The van der Waals surface area contributed by atoms with Gasteiger partial charge in [-0.15, -0.1) is 0 Å². The second kappa shape index (κ2) is 8.23. The normalized spacial score (nSPS) is 15.7. The van der Waals surface area contributed by atoms with E-state index in [-0.39, 0.29) is 11.4 Å². The molecule has 1 saturated heterocycles. The van der Waals surface area contributed by atoms with Crippen LogP contribution in [0, 0.1) is 13.8 Å². The molecule has 2 aromatic heterocycles. The first-order valence-electron chi connectivity index (χ1n) is 9.56. The SMILES string of the molecule is Cc1cc(C(=O)NCC(C)(C)N2CCOCC2)c(C)n1Cc1ccccn1. The molecule has 146 valence electrons. The zero-order chi connectivity index (χ0) is 19.4. The molecule has 0 saturated carbocycles. The van der Waals surface area contributed by atoms with Gasteiger partial charge in [0.05, 0.1) is 31.0 Å². The van der Waals surface area contributed by atoms with Gasteiger partial charge in [0.15, 0.2) is 0 Å². The Hall–Kier alpha value is -2.18. The van der Waals surface area contributed by atoms with Gasteiger partial charge < -0.3 is 14.6 Å². The van der Waals surface area contributed by atoms with Crippen molar-refractivity contribution in [3.63, 3.8) is 0 Å². The van der Waals surface area contributed by atoms with Gasteiger partial charge in [-0.25, -0.2) is 0 Å². The molecule has 0 unspecified atom stereocenters. The Morgan fingerprint density at radius 3 is 2.67 bits per heavy atom. The monoisotopic (exact) mass is 370 g/mol. The van der Waals surface area contributed by atoms with Crippen LogP contribution in [0.5, 0.6) is 0 Å². The highest BCUT2D eigenvalue weighted by atomic mass is 16.5. The molecule has 3 heterocycles. The van der Waals surface area contributed by atoms with Crippen LogP contribution in [-0.2, 0) is 11.3 Å². The van der Waals surface area contributed by atoms with E-state index >= 15 is 0 Å². The number of nitrogens with one attached hydrogen (secondary N) is 1. The maximum Gasteiger partial charge on any atom is 0.253 e. The number of rotatable bonds is 6. The molecule has 1 aliphatic heterocycles. The molecular weight excluding hydrogens is 340 g/mol. The van der Waals surface area contributed by atoms with Crippen LogP contribution in [0.15, 0.2) is 30.5 Å². The summed E-state index contributed by atoms with van der Waals surface area (Å²) in [6.07, 6.45) is 1.80. The number of aromatic nitrogens is 2. The van der Waals surface area contributed by atoms with Gasteiger partial charge in [0, 0.05) is 42.8 Å². The molecule has 2 aromatic rings.